The fourth-order valence-electron chi connectivity index (χ4n) is 4.14. The minimum atomic E-state index is -0.254. The molecule has 2 atom stereocenters. The summed E-state index contributed by atoms with van der Waals surface area (Å²) in [6.45, 7) is 2.03. The molecule has 2 aliphatic heterocycles. The van der Waals surface area contributed by atoms with Gasteiger partial charge in [-0.3, -0.25) is 0 Å². The molecule has 1 aromatic heterocycles. The second kappa shape index (κ2) is 6.13. The van der Waals surface area contributed by atoms with Crippen LogP contribution in [0.25, 0.3) is 11.3 Å². The van der Waals surface area contributed by atoms with Crippen LogP contribution in [-0.2, 0) is 0 Å². The molecule has 2 unspecified atom stereocenters. The van der Waals surface area contributed by atoms with E-state index in [1.807, 2.05) is 19.1 Å². The molecule has 5 heteroatoms. The average molecular weight is 326 g/mol. The third-order valence-corrected chi connectivity index (χ3v) is 5.54. The van der Waals surface area contributed by atoms with Gasteiger partial charge in [0.1, 0.15) is 5.82 Å². The summed E-state index contributed by atoms with van der Waals surface area (Å²) in [6, 6.07) is 10.3. The van der Waals surface area contributed by atoms with Crippen molar-refractivity contribution in [3.8, 4) is 11.3 Å². The third-order valence-electron chi connectivity index (χ3n) is 5.54. The Labute approximate surface area is 142 Å². The zero-order valence-electron chi connectivity index (χ0n) is 14.2. The Bertz CT molecular complexity index is 734. The first-order valence-electron chi connectivity index (χ1n) is 8.69. The number of aryl methyl sites for hydroxylation is 1. The van der Waals surface area contributed by atoms with Gasteiger partial charge in [-0.1, -0.05) is 12.1 Å². The summed E-state index contributed by atoms with van der Waals surface area (Å²) in [5, 5.41) is 12.3. The number of nitrogens with zero attached hydrogens (tertiary/aromatic N) is 3. The first kappa shape index (κ1) is 15.5. The van der Waals surface area contributed by atoms with Crippen molar-refractivity contribution in [2.24, 2.45) is 0 Å². The first-order chi connectivity index (χ1) is 11.6. The largest absolute Gasteiger partial charge is 0.366 e. The lowest BCUT2D eigenvalue weighted by Crippen LogP contribution is -2.44. The quantitative estimate of drug-likeness (QED) is 0.935. The summed E-state index contributed by atoms with van der Waals surface area (Å²) < 4.78 is 13.4. The van der Waals surface area contributed by atoms with Crippen LogP contribution in [0.5, 0.6) is 0 Å². The van der Waals surface area contributed by atoms with Gasteiger partial charge < -0.3 is 10.2 Å². The van der Waals surface area contributed by atoms with E-state index in [0.29, 0.717) is 23.8 Å². The van der Waals surface area contributed by atoms with E-state index in [2.05, 4.69) is 27.5 Å². The van der Waals surface area contributed by atoms with Crippen LogP contribution < -0.4 is 5.32 Å². The van der Waals surface area contributed by atoms with Crippen molar-refractivity contribution in [3.63, 3.8) is 0 Å². The number of rotatable bonds is 3. The summed E-state index contributed by atoms with van der Waals surface area (Å²) in [5.74, 6) is 0.597. The molecule has 4 rings (SSSR count). The highest BCUT2D eigenvalue weighted by molar-refractivity contribution is 5.61. The SMILES string of the molecule is Cc1cc(-c2cccc(F)c2)nnc1NC1CC2CCC(C1)N2C. The molecule has 2 aliphatic rings. The molecule has 0 saturated carbocycles. The molecule has 1 N–H and O–H groups in total. The van der Waals surface area contributed by atoms with Crippen molar-refractivity contribution in [2.75, 3.05) is 12.4 Å². The molecule has 0 radical (unpaired) electrons. The number of anilines is 1. The zero-order valence-corrected chi connectivity index (χ0v) is 14.2. The monoisotopic (exact) mass is 326 g/mol. The van der Waals surface area contributed by atoms with Crippen LogP contribution >= 0.6 is 0 Å². The summed E-state index contributed by atoms with van der Waals surface area (Å²) in [6.07, 6.45) is 4.95. The maximum absolute atomic E-state index is 13.4. The Hall–Kier alpha value is -2.01. The second-order valence-electron chi connectivity index (χ2n) is 7.13. The van der Waals surface area contributed by atoms with Crippen molar-refractivity contribution < 1.29 is 4.39 Å². The Kier molecular flexibility index (Phi) is 3.96. The summed E-state index contributed by atoms with van der Waals surface area (Å²) in [5.41, 5.74) is 2.52. The minimum Gasteiger partial charge on any atom is -0.366 e. The van der Waals surface area contributed by atoms with Crippen molar-refractivity contribution in [1.29, 1.82) is 0 Å². The van der Waals surface area contributed by atoms with Crippen LogP contribution in [0.15, 0.2) is 30.3 Å². The number of halogens is 1. The van der Waals surface area contributed by atoms with Gasteiger partial charge in [-0.05, 0) is 63.4 Å². The number of piperidine rings is 1. The van der Waals surface area contributed by atoms with Crippen molar-refractivity contribution >= 4 is 5.82 Å². The van der Waals surface area contributed by atoms with Crippen LogP contribution in [0.3, 0.4) is 0 Å². The van der Waals surface area contributed by atoms with Gasteiger partial charge in [-0.15, -0.1) is 10.2 Å². The minimum absolute atomic E-state index is 0.254. The Morgan fingerprint density at radius 3 is 2.54 bits per heavy atom. The standard InChI is InChI=1S/C19H23FN4/c1-12-8-18(13-4-3-5-14(20)9-13)22-23-19(12)21-15-10-16-6-7-17(11-15)24(16)2/h3-5,8-9,15-17H,6-7,10-11H2,1-2H3,(H,21,23). The van der Waals surface area contributed by atoms with E-state index >= 15 is 0 Å². The number of hydrogen-bond donors (Lipinski definition) is 1. The van der Waals surface area contributed by atoms with Crippen molar-refractivity contribution in [3.05, 3.63) is 41.7 Å². The Morgan fingerprint density at radius 2 is 1.88 bits per heavy atom. The third kappa shape index (κ3) is 2.88. The number of benzene rings is 1. The molecular formula is C19H23FN4. The van der Waals surface area contributed by atoms with Crippen LogP contribution in [0.1, 0.15) is 31.2 Å². The van der Waals surface area contributed by atoms with Gasteiger partial charge in [-0.25, -0.2) is 4.39 Å². The van der Waals surface area contributed by atoms with Gasteiger partial charge in [0.2, 0.25) is 0 Å². The molecule has 4 nitrogen and oxygen atoms in total. The smallest absolute Gasteiger partial charge is 0.151 e. The van der Waals surface area contributed by atoms with E-state index in [-0.39, 0.29) is 5.82 Å². The predicted molar refractivity (Wildman–Crippen MR) is 93.4 cm³/mol. The highest BCUT2D eigenvalue weighted by Gasteiger charge is 2.38. The van der Waals surface area contributed by atoms with Gasteiger partial charge in [-0.2, -0.15) is 0 Å². The lowest BCUT2D eigenvalue weighted by molar-refractivity contribution is 0.168. The number of fused-ring (bicyclic) bond motifs is 2. The molecule has 2 aromatic rings. The predicted octanol–water partition coefficient (Wildman–Crippen LogP) is 3.63. The normalized spacial score (nSPS) is 26.5. The van der Waals surface area contributed by atoms with E-state index in [9.17, 15) is 4.39 Å². The molecule has 2 bridgehead atoms. The Morgan fingerprint density at radius 1 is 1.12 bits per heavy atom. The number of hydrogen-bond acceptors (Lipinski definition) is 4. The molecular weight excluding hydrogens is 303 g/mol. The molecule has 2 saturated heterocycles. The van der Waals surface area contributed by atoms with E-state index in [1.54, 1.807) is 6.07 Å². The Balaban J connectivity index is 1.51. The van der Waals surface area contributed by atoms with Gasteiger partial charge in [0.05, 0.1) is 5.69 Å². The second-order valence-corrected chi connectivity index (χ2v) is 7.13. The van der Waals surface area contributed by atoms with Crippen LogP contribution in [-0.4, -0.2) is 40.3 Å². The van der Waals surface area contributed by atoms with Crippen LogP contribution in [0.4, 0.5) is 10.2 Å². The molecule has 126 valence electrons. The van der Waals surface area contributed by atoms with Gasteiger partial charge in [0, 0.05) is 23.7 Å². The molecule has 2 fully saturated rings. The molecule has 0 aliphatic carbocycles. The topological polar surface area (TPSA) is 41.1 Å². The summed E-state index contributed by atoms with van der Waals surface area (Å²) >= 11 is 0. The number of nitrogens with one attached hydrogen (secondary N) is 1. The van der Waals surface area contributed by atoms with Gasteiger partial charge >= 0.3 is 0 Å². The fourth-order valence-corrected chi connectivity index (χ4v) is 4.14. The molecule has 3 heterocycles. The van der Waals surface area contributed by atoms with Crippen molar-refractivity contribution in [2.45, 2.75) is 50.7 Å². The van der Waals surface area contributed by atoms with E-state index in [4.69, 9.17) is 0 Å². The van der Waals surface area contributed by atoms with Crippen molar-refractivity contribution in [1.82, 2.24) is 15.1 Å². The van der Waals surface area contributed by atoms with E-state index in [0.717, 1.165) is 16.9 Å². The zero-order chi connectivity index (χ0) is 16.7. The first-order valence-corrected chi connectivity index (χ1v) is 8.69. The van der Waals surface area contributed by atoms with Gasteiger partial charge in [0.25, 0.3) is 0 Å². The summed E-state index contributed by atoms with van der Waals surface area (Å²) in [4.78, 5) is 2.53. The molecule has 0 amide bonds. The average Bonchev–Trinajstić information content (AvgIpc) is 2.79. The van der Waals surface area contributed by atoms with E-state index < -0.39 is 0 Å². The van der Waals surface area contributed by atoms with Gasteiger partial charge in [0.15, 0.2) is 5.82 Å². The molecule has 24 heavy (non-hydrogen) atoms. The lowest BCUT2D eigenvalue weighted by atomic mass is 9.98. The number of aromatic nitrogens is 2. The van der Waals surface area contributed by atoms with E-state index in [1.165, 1.54) is 37.8 Å². The maximum Gasteiger partial charge on any atom is 0.151 e. The molecule has 1 aromatic carbocycles. The highest BCUT2D eigenvalue weighted by atomic mass is 19.1. The fraction of sp³-hybridized carbons (Fsp3) is 0.474. The van der Waals surface area contributed by atoms with Crippen LogP contribution in [0, 0.1) is 12.7 Å². The highest BCUT2D eigenvalue weighted by Crippen LogP contribution is 2.35. The maximum atomic E-state index is 13.4. The molecule has 0 spiro atoms. The van der Waals surface area contributed by atoms with Crippen LogP contribution in [0.2, 0.25) is 0 Å². The lowest BCUT2D eigenvalue weighted by Gasteiger charge is -2.36. The summed E-state index contributed by atoms with van der Waals surface area (Å²) in [7, 11) is 2.25.